The van der Waals surface area contributed by atoms with Crippen LogP contribution >= 0.6 is 0 Å². The van der Waals surface area contributed by atoms with Crippen LogP contribution in [0.25, 0.3) is 0 Å². The molecule has 1 N–H and O–H groups in total. The molecule has 0 unspecified atom stereocenters. The van der Waals surface area contributed by atoms with Crippen LogP contribution in [0.15, 0.2) is 10.7 Å². The summed E-state index contributed by atoms with van der Waals surface area (Å²) in [5, 5.41) is 3.01. The van der Waals surface area contributed by atoms with Gasteiger partial charge in [-0.15, -0.1) is 0 Å². The minimum absolute atomic E-state index is 0.390. The van der Waals surface area contributed by atoms with Crippen molar-refractivity contribution in [2.45, 2.75) is 45.6 Å². The normalized spacial score (nSPS) is 10.6. The Labute approximate surface area is 97.4 Å². The van der Waals surface area contributed by atoms with Gasteiger partial charge in [-0.25, -0.2) is 0 Å². The highest BCUT2D eigenvalue weighted by molar-refractivity contribution is 4.99. The monoisotopic (exact) mass is 226 g/mol. The Morgan fingerprint density at radius 1 is 1.31 bits per heavy atom. The van der Waals surface area contributed by atoms with E-state index in [2.05, 4.69) is 17.2 Å². The second kappa shape index (κ2) is 8.16. The highest BCUT2D eigenvalue weighted by Gasteiger charge is 2.03. The van der Waals surface area contributed by atoms with Crippen LogP contribution in [0.5, 0.6) is 6.08 Å². The van der Waals surface area contributed by atoms with E-state index >= 15 is 0 Å². The number of unbranched alkanes of at least 4 members (excludes halogenated alkanes) is 4. The molecule has 1 aromatic rings. The fraction of sp³-hybridized carbons (Fsp3) is 0.750. The molecular formula is C12H22N2O2. The van der Waals surface area contributed by atoms with E-state index in [1.807, 2.05) is 7.05 Å². The third-order valence-corrected chi connectivity index (χ3v) is 2.36. The summed E-state index contributed by atoms with van der Waals surface area (Å²) in [6, 6.07) is 0. The molecule has 1 rings (SSSR count). The summed E-state index contributed by atoms with van der Waals surface area (Å²) in [6.07, 6.45) is 8.18. The Bertz CT molecular complexity index is 274. The van der Waals surface area contributed by atoms with Gasteiger partial charge in [0.1, 0.15) is 6.26 Å². The number of hydrogen-bond acceptors (Lipinski definition) is 4. The number of hydrogen-bond donors (Lipinski definition) is 1. The number of nitrogens with one attached hydrogen (secondary N) is 1. The van der Waals surface area contributed by atoms with Crippen LogP contribution in [0.4, 0.5) is 0 Å². The lowest BCUT2D eigenvalue weighted by atomic mass is 10.2. The average Bonchev–Trinajstić information content (AvgIpc) is 2.72. The SMILES string of the molecule is CCCCCCCOc1nc(CNC)co1. The van der Waals surface area contributed by atoms with Crippen LogP contribution in [-0.4, -0.2) is 18.6 Å². The van der Waals surface area contributed by atoms with E-state index in [1.165, 1.54) is 25.7 Å². The molecule has 16 heavy (non-hydrogen) atoms. The molecule has 92 valence electrons. The van der Waals surface area contributed by atoms with Gasteiger partial charge in [-0.05, 0) is 13.5 Å². The highest BCUT2D eigenvalue weighted by atomic mass is 16.6. The summed E-state index contributed by atoms with van der Waals surface area (Å²) < 4.78 is 10.6. The Morgan fingerprint density at radius 3 is 2.88 bits per heavy atom. The fourth-order valence-electron chi connectivity index (χ4n) is 1.48. The summed E-state index contributed by atoms with van der Waals surface area (Å²) in [4.78, 5) is 4.18. The van der Waals surface area contributed by atoms with Gasteiger partial charge < -0.3 is 14.5 Å². The molecule has 0 bridgehead atoms. The largest absolute Gasteiger partial charge is 0.450 e. The number of aromatic nitrogens is 1. The zero-order chi connectivity index (χ0) is 11.6. The molecule has 0 aliphatic carbocycles. The Morgan fingerprint density at radius 2 is 2.12 bits per heavy atom. The Hall–Kier alpha value is -1.03. The van der Waals surface area contributed by atoms with Gasteiger partial charge in [0.25, 0.3) is 0 Å². The highest BCUT2D eigenvalue weighted by Crippen LogP contribution is 2.11. The molecule has 1 heterocycles. The first-order chi connectivity index (χ1) is 7.86. The van der Waals surface area contributed by atoms with E-state index in [-0.39, 0.29) is 0 Å². The van der Waals surface area contributed by atoms with E-state index in [0.29, 0.717) is 19.2 Å². The molecule has 0 spiro atoms. The lowest BCUT2D eigenvalue weighted by molar-refractivity contribution is 0.224. The maximum absolute atomic E-state index is 5.41. The third-order valence-electron chi connectivity index (χ3n) is 2.36. The maximum atomic E-state index is 5.41. The van der Waals surface area contributed by atoms with Crippen LogP contribution < -0.4 is 10.1 Å². The second-order valence-corrected chi connectivity index (χ2v) is 3.90. The molecule has 0 radical (unpaired) electrons. The van der Waals surface area contributed by atoms with E-state index in [9.17, 15) is 0 Å². The van der Waals surface area contributed by atoms with Crippen molar-refractivity contribution in [2.24, 2.45) is 0 Å². The van der Waals surface area contributed by atoms with Crippen molar-refractivity contribution in [3.63, 3.8) is 0 Å². The van der Waals surface area contributed by atoms with Gasteiger partial charge in [0.2, 0.25) is 0 Å². The molecule has 0 amide bonds. The molecule has 1 aromatic heterocycles. The molecule has 0 fully saturated rings. The van der Waals surface area contributed by atoms with Gasteiger partial charge in [-0.1, -0.05) is 32.6 Å². The zero-order valence-corrected chi connectivity index (χ0v) is 10.3. The summed E-state index contributed by atoms with van der Waals surface area (Å²) in [5.41, 5.74) is 0.878. The number of oxazole rings is 1. The lowest BCUT2D eigenvalue weighted by Crippen LogP contribution is -2.05. The van der Waals surface area contributed by atoms with Crippen molar-refractivity contribution in [3.05, 3.63) is 12.0 Å². The van der Waals surface area contributed by atoms with Crippen LogP contribution in [0.1, 0.15) is 44.7 Å². The zero-order valence-electron chi connectivity index (χ0n) is 10.3. The predicted octanol–water partition coefficient (Wildman–Crippen LogP) is 2.74. The molecule has 0 saturated carbocycles. The van der Waals surface area contributed by atoms with Gasteiger partial charge in [0, 0.05) is 6.54 Å². The number of ether oxygens (including phenoxy) is 1. The lowest BCUT2D eigenvalue weighted by Gasteiger charge is -2.00. The van der Waals surface area contributed by atoms with Crippen LogP contribution in [0, 0.1) is 0 Å². The molecule has 0 aliphatic heterocycles. The van der Waals surface area contributed by atoms with Crippen molar-refractivity contribution in [1.82, 2.24) is 10.3 Å². The standard InChI is InChI=1S/C12H22N2O2/c1-3-4-5-6-7-8-15-12-14-11(9-13-2)10-16-12/h10,13H,3-9H2,1-2H3. The van der Waals surface area contributed by atoms with Gasteiger partial charge in [-0.3, -0.25) is 0 Å². The first-order valence-electron chi connectivity index (χ1n) is 6.08. The molecule has 0 atom stereocenters. The molecular weight excluding hydrogens is 204 g/mol. The van der Waals surface area contributed by atoms with Crippen molar-refractivity contribution in [1.29, 1.82) is 0 Å². The Balaban J connectivity index is 2.07. The van der Waals surface area contributed by atoms with Crippen LogP contribution in [0.3, 0.4) is 0 Å². The van der Waals surface area contributed by atoms with E-state index < -0.39 is 0 Å². The number of nitrogens with zero attached hydrogens (tertiary/aromatic N) is 1. The van der Waals surface area contributed by atoms with Crippen LogP contribution in [0.2, 0.25) is 0 Å². The summed E-state index contributed by atoms with van der Waals surface area (Å²) in [5.74, 6) is 0. The first-order valence-corrected chi connectivity index (χ1v) is 6.08. The second-order valence-electron chi connectivity index (χ2n) is 3.90. The van der Waals surface area contributed by atoms with E-state index in [4.69, 9.17) is 9.15 Å². The Kier molecular flexibility index (Phi) is 6.65. The summed E-state index contributed by atoms with van der Waals surface area (Å²) in [6.45, 7) is 3.62. The molecule has 0 aliphatic rings. The smallest absolute Gasteiger partial charge is 0.393 e. The van der Waals surface area contributed by atoms with Gasteiger partial charge in [0.05, 0.1) is 12.3 Å². The minimum atomic E-state index is 0.390. The molecule has 0 saturated heterocycles. The van der Waals surface area contributed by atoms with Gasteiger partial charge in [-0.2, -0.15) is 4.98 Å². The predicted molar refractivity (Wildman–Crippen MR) is 63.5 cm³/mol. The van der Waals surface area contributed by atoms with Gasteiger partial charge in [0.15, 0.2) is 0 Å². The maximum Gasteiger partial charge on any atom is 0.393 e. The van der Waals surface area contributed by atoms with Crippen molar-refractivity contribution in [3.8, 4) is 6.08 Å². The van der Waals surface area contributed by atoms with Crippen molar-refractivity contribution < 1.29 is 9.15 Å². The van der Waals surface area contributed by atoms with E-state index in [0.717, 1.165) is 12.1 Å². The summed E-state index contributed by atoms with van der Waals surface area (Å²) >= 11 is 0. The molecule has 0 aromatic carbocycles. The van der Waals surface area contributed by atoms with Crippen LogP contribution in [-0.2, 0) is 6.54 Å². The van der Waals surface area contributed by atoms with Crippen molar-refractivity contribution >= 4 is 0 Å². The minimum Gasteiger partial charge on any atom is -0.450 e. The van der Waals surface area contributed by atoms with Crippen molar-refractivity contribution in [2.75, 3.05) is 13.7 Å². The summed E-state index contributed by atoms with van der Waals surface area (Å²) in [7, 11) is 1.88. The third kappa shape index (κ3) is 5.16. The fourth-order valence-corrected chi connectivity index (χ4v) is 1.48. The molecule has 4 heteroatoms. The van der Waals surface area contributed by atoms with Gasteiger partial charge >= 0.3 is 6.08 Å². The topological polar surface area (TPSA) is 47.3 Å². The number of rotatable bonds is 9. The quantitative estimate of drug-likeness (QED) is 0.658. The first kappa shape index (κ1) is 13.0. The molecule has 4 nitrogen and oxygen atoms in total. The average molecular weight is 226 g/mol. The van der Waals surface area contributed by atoms with E-state index in [1.54, 1.807) is 6.26 Å².